The highest BCUT2D eigenvalue weighted by atomic mass is 35.5. The zero-order valence-corrected chi connectivity index (χ0v) is 18.8. The molecule has 1 unspecified atom stereocenters. The van der Waals surface area contributed by atoms with Gasteiger partial charge in [0.2, 0.25) is 17.7 Å². The minimum absolute atomic E-state index is 0.00394. The van der Waals surface area contributed by atoms with Crippen molar-refractivity contribution in [3.8, 4) is 0 Å². The number of benzene rings is 1. The Morgan fingerprint density at radius 2 is 1.81 bits per heavy atom. The molecule has 3 heterocycles. The molecule has 168 valence electrons. The Balaban J connectivity index is 1.29. The number of rotatable bonds is 5. The summed E-state index contributed by atoms with van der Waals surface area (Å²) in [4.78, 5) is 45.7. The van der Waals surface area contributed by atoms with Gasteiger partial charge in [-0.2, -0.15) is 0 Å². The van der Waals surface area contributed by atoms with Crippen molar-refractivity contribution < 1.29 is 14.4 Å². The first-order valence-corrected chi connectivity index (χ1v) is 11.4. The number of piperidine rings is 1. The molecule has 2 saturated heterocycles. The number of carbonyl (C=O) groups excluding carboxylic acids is 3. The van der Waals surface area contributed by atoms with Gasteiger partial charge in [-0.3, -0.25) is 14.4 Å². The molecule has 0 radical (unpaired) electrons. The molecule has 1 atom stereocenters. The van der Waals surface area contributed by atoms with Gasteiger partial charge in [0.15, 0.2) is 0 Å². The van der Waals surface area contributed by atoms with Crippen molar-refractivity contribution in [2.45, 2.75) is 32.6 Å². The Kier molecular flexibility index (Phi) is 6.74. The lowest BCUT2D eigenvalue weighted by Gasteiger charge is -2.32. The van der Waals surface area contributed by atoms with E-state index in [1.54, 1.807) is 21.9 Å². The standard InChI is InChI=1S/C24H27ClN4O3/c1-2-16-3-6-20(7-4-16)29-15-18(13-22(29)30)24(32)28-11-9-17(10-12-28)23(31)27-21-8-5-19(25)14-26-21/h3-8,14,17-18H,2,9-13,15H2,1H3,(H,26,27,31). The molecule has 1 aromatic heterocycles. The second-order valence-corrected chi connectivity index (χ2v) is 8.81. The van der Waals surface area contributed by atoms with Crippen molar-refractivity contribution in [2.24, 2.45) is 11.8 Å². The van der Waals surface area contributed by atoms with Crippen molar-refractivity contribution in [3.63, 3.8) is 0 Å². The van der Waals surface area contributed by atoms with E-state index in [1.807, 2.05) is 24.3 Å². The number of hydrogen-bond donors (Lipinski definition) is 1. The summed E-state index contributed by atoms with van der Waals surface area (Å²) >= 11 is 5.82. The molecule has 2 aliphatic heterocycles. The van der Waals surface area contributed by atoms with E-state index in [0.717, 1.165) is 12.1 Å². The topological polar surface area (TPSA) is 82.6 Å². The summed E-state index contributed by atoms with van der Waals surface area (Å²) in [6.45, 7) is 3.53. The van der Waals surface area contributed by atoms with E-state index < -0.39 is 0 Å². The minimum atomic E-state index is -0.336. The lowest BCUT2D eigenvalue weighted by Crippen LogP contribution is -2.44. The second kappa shape index (κ2) is 9.69. The van der Waals surface area contributed by atoms with E-state index in [9.17, 15) is 14.4 Å². The van der Waals surface area contributed by atoms with E-state index >= 15 is 0 Å². The Hall–Kier alpha value is -2.93. The molecule has 0 spiro atoms. The van der Waals surface area contributed by atoms with Crippen molar-refractivity contribution in [2.75, 3.05) is 29.9 Å². The zero-order chi connectivity index (χ0) is 22.7. The monoisotopic (exact) mass is 454 g/mol. The Labute approximate surface area is 192 Å². The van der Waals surface area contributed by atoms with Gasteiger partial charge in [0.25, 0.3) is 0 Å². The minimum Gasteiger partial charge on any atom is -0.342 e. The SMILES string of the molecule is CCc1ccc(N2CC(C(=O)N3CCC(C(=O)Nc4ccc(Cl)cn4)CC3)CC2=O)cc1. The highest BCUT2D eigenvalue weighted by Crippen LogP contribution is 2.28. The molecular formula is C24H27ClN4O3. The van der Waals surface area contributed by atoms with Crippen LogP contribution in [-0.4, -0.2) is 47.2 Å². The number of anilines is 2. The number of hydrogen-bond acceptors (Lipinski definition) is 4. The molecule has 32 heavy (non-hydrogen) atoms. The summed E-state index contributed by atoms with van der Waals surface area (Å²) in [5.41, 5.74) is 2.06. The maximum Gasteiger partial charge on any atom is 0.228 e. The summed E-state index contributed by atoms with van der Waals surface area (Å²) in [7, 11) is 0. The normalized spacial score (nSPS) is 19.3. The summed E-state index contributed by atoms with van der Waals surface area (Å²) in [5, 5.41) is 3.32. The van der Waals surface area contributed by atoms with Crippen molar-refractivity contribution in [3.05, 3.63) is 53.2 Å². The predicted octanol–water partition coefficient (Wildman–Crippen LogP) is 3.53. The van der Waals surface area contributed by atoms with Crippen LogP contribution in [0.4, 0.5) is 11.5 Å². The lowest BCUT2D eigenvalue weighted by molar-refractivity contribution is -0.138. The maximum atomic E-state index is 13.0. The van der Waals surface area contributed by atoms with Crippen molar-refractivity contribution in [1.82, 2.24) is 9.88 Å². The number of amides is 3. The molecule has 2 aromatic rings. The molecule has 4 rings (SSSR count). The quantitative estimate of drug-likeness (QED) is 0.749. The van der Waals surface area contributed by atoms with Crippen LogP contribution >= 0.6 is 11.6 Å². The van der Waals surface area contributed by atoms with Crippen LogP contribution in [0.5, 0.6) is 0 Å². The van der Waals surface area contributed by atoms with Crippen LogP contribution in [0.3, 0.4) is 0 Å². The second-order valence-electron chi connectivity index (χ2n) is 8.38. The van der Waals surface area contributed by atoms with Crippen LogP contribution in [0, 0.1) is 11.8 Å². The molecule has 0 saturated carbocycles. The molecule has 7 nitrogen and oxygen atoms in total. The first kappa shape index (κ1) is 22.3. The molecule has 0 aliphatic carbocycles. The van der Waals surface area contributed by atoms with Gasteiger partial charge in [0, 0.05) is 43.9 Å². The summed E-state index contributed by atoms with van der Waals surface area (Å²) in [6.07, 6.45) is 3.85. The first-order valence-electron chi connectivity index (χ1n) is 11.0. The third-order valence-electron chi connectivity index (χ3n) is 6.29. The molecule has 0 bridgehead atoms. The third kappa shape index (κ3) is 4.93. The van der Waals surface area contributed by atoms with Gasteiger partial charge < -0.3 is 15.1 Å². The highest BCUT2D eigenvalue weighted by Gasteiger charge is 2.38. The van der Waals surface area contributed by atoms with Crippen molar-refractivity contribution >= 4 is 40.8 Å². The van der Waals surface area contributed by atoms with Crippen LogP contribution in [-0.2, 0) is 20.8 Å². The fraction of sp³-hybridized carbons (Fsp3) is 0.417. The van der Waals surface area contributed by atoms with E-state index in [1.165, 1.54) is 11.8 Å². The predicted molar refractivity (Wildman–Crippen MR) is 123 cm³/mol. The number of aryl methyl sites for hydroxylation is 1. The van der Waals surface area contributed by atoms with E-state index in [-0.39, 0.29) is 36.0 Å². The molecular weight excluding hydrogens is 428 g/mol. The van der Waals surface area contributed by atoms with Gasteiger partial charge in [-0.15, -0.1) is 0 Å². The van der Waals surface area contributed by atoms with Crippen LogP contribution in [0.15, 0.2) is 42.6 Å². The highest BCUT2D eigenvalue weighted by molar-refractivity contribution is 6.30. The van der Waals surface area contributed by atoms with Gasteiger partial charge >= 0.3 is 0 Å². The number of aromatic nitrogens is 1. The van der Waals surface area contributed by atoms with Gasteiger partial charge in [-0.1, -0.05) is 30.7 Å². The van der Waals surface area contributed by atoms with Gasteiger partial charge in [0.1, 0.15) is 5.82 Å². The molecule has 2 fully saturated rings. The number of likely N-dealkylation sites (tertiary alicyclic amines) is 1. The van der Waals surface area contributed by atoms with Gasteiger partial charge in [0.05, 0.1) is 10.9 Å². The third-order valence-corrected chi connectivity index (χ3v) is 6.51. The summed E-state index contributed by atoms with van der Waals surface area (Å²) < 4.78 is 0. The van der Waals surface area contributed by atoms with E-state index in [2.05, 4.69) is 17.2 Å². The largest absolute Gasteiger partial charge is 0.342 e. The number of pyridine rings is 1. The van der Waals surface area contributed by atoms with Crippen LogP contribution < -0.4 is 10.2 Å². The Bertz CT molecular complexity index is 985. The maximum absolute atomic E-state index is 13.0. The molecule has 8 heteroatoms. The Morgan fingerprint density at radius 1 is 1.09 bits per heavy atom. The summed E-state index contributed by atoms with van der Waals surface area (Å²) in [5.74, 6) is -0.145. The Morgan fingerprint density at radius 3 is 2.44 bits per heavy atom. The van der Waals surface area contributed by atoms with Crippen LogP contribution in [0.2, 0.25) is 5.02 Å². The summed E-state index contributed by atoms with van der Waals surface area (Å²) in [6, 6.07) is 11.3. The van der Waals surface area contributed by atoms with E-state index in [4.69, 9.17) is 11.6 Å². The lowest BCUT2D eigenvalue weighted by atomic mass is 9.94. The fourth-order valence-electron chi connectivity index (χ4n) is 4.33. The smallest absolute Gasteiger partial charge is 0.228 e. The molecule has 1 N–H and O–H groups in total. The number of nitrogens with zero attached hydrogens (tertiary/aromatic N) is 3. The van der Waals surface area contributed by atoms with E-state index in [0.29, 0.717) is 43.3 Å². The molecule has 1 aromatic carbocycles. The first-order chi connectivity index (χ1) is 15.4. The number of nitrogens with one attached hydrogen (secondary N) is 1. The molecule has 2 aliphatic rings. The number of halogens is 1. The number of carbonyl (C=O) groups is 3. The van der Waals surface area contributed by atoms with Gasteiger partial charge in [-0.25, -0.2) is 4.98 Å². The average molecular weight is 455 g/mol. The molecule has 3 amide bonds. The zero-order valence-electron chi connectivity index (χ0n) is 18.1. The van der Waals surface area contributed by atoms with Gasteiger partial charge in [-0.05, 0) is 49.1 Å². The van der Waals surface area contributed by atoms with Crippen LogP contribution in [0.1, 0.15) is 31.7 Å². The van der Waals surface area contributed by atoms with Crippen LogP contribution in [0.25, 0.3) is 0 Å². The fourth-order valence-corrected chi connectivity index (χ4v) is 4.44. The average Bonchev–Trinajstić information content (AvgIpc) is 3.21. The van der Waals surface area contributed by atoms with Crippen molar-refractivity contribution in [1.29, 1.82) is 0 Å².